The van der Waals surface area contributed by atoms with Crippen LogP contribution in [0.25, 0.3) is 0 Å². The van der Waals surface area contributed by atoms with Gasteiger partial charge in [0.25, 0.3) is 10.0 Å². The first-order chi connectivity index (χ1) is 8.91. The number of rotatable bonds is 8. The lowest BCUT2D eigenvalue weighted by Gasteiger charge is -2.22. The van der Waals surface area contributed by atoms with E-state index in [4.69, 9.17) is 4.74 Å². The number of H-pyrrole nitrogens is 1. The van der Waals surface area contributed by atoms with Crippen LogP contribution in [0, 0.1) is 5.92 Å². The lowest BCUT2D eigenvalue weighted by atomic mass is 10.2. The SMILES string of the molecule is CCc1ncc(S(=O)(=O)N(CCOC)CC(C)C)[nH]1. The molecule has 0 amide bonds. The van der Waals surface area contributed by atoms with Gasteiger partial charge in [0.1, 0.15) is 5.82 Å². The molecule has 0 unspecified atom stereocenters. The number of imidazole rings is 1. The second-order valence-corrected chi connectivity index (χ2v) is 6.70. The minimum absolute atomic E-state index is 0.154. The Labute approximate surface area is 115 Å². The molecule has 0 bridgehead atoms. The van der Waals surface area contributed by atoms with E-state index in [9.17, 15) is 8.42 Å². The fourth-order valence-corrected chi connectivity index (χ4v) is 3.22. The Morgan fingerprint density at radius 1 is 1.47 bits per heavy atom. The van der Waals surface area contributed by atoms with Crippen molar-refractivity contribution in [3.05, 3.63) is 12.0 Å². The van der Waals surface area contributed by atoms with Crippen LogP contribution in [-0.2, 0) is 21.2 Å². The predicted molar refractivity (Wildman–Crippen MR) is 73.4 cm³/mol. The van der Waals surface area contributed by atoms with Crippen molar-refractivity contribution in [2.45, 2.75) is 32.2 Å². The third kappa shape index (κ3) is 4.29. The third-order valence-corrected chi connectivity index (χ3v) is 4.45. The molecule has 1 rings (SSSR count). The molecule has 0 aliphatic carbocycles. The molecule has 110 valence electrons. The molecule has 1 N–H and O–H groups in total. The van der Waals surface area contributed by atoms with Gasteiger partial charge in [0, 0.05) is 26.6 Å². The highest BCUT2D eigenvalue weighted by Gasteiger charge is 2.26. The lowest BCUT2D eigenvalue weighted by molar-refractivity contribution is 0.175. The smallest absolute Gasteiger partial charge is 0.260 e. The Balaban J connectivity index is 2.96. The normalized spacial score (nSPS) is 12.5. The fourth-order valence-electron chi connectivity index (χ4n) is 1.70. The Kier molecular flexibility index (Phi) is 5.96. The minimum atomic E-state index is -3.52. The zero-order valence-electron chi connectivity index (χ0n) is 12.0. The highest BCUT2D eigenvalue weighted by Crippen LogP contribution is 2.15. The minimum Gasteiger partial charge on any atom is -0.383 e. The number of nitrogens with one attached hydrogen (secondary N) is 1. The van der Waals surface area contributed by atoms with E-state index in [2.05, 4.69) is 9.97 Å². The maximum atomic E-state index is 12.5. The molecule has 0 aliphatic heterocycles. The molecular weight excluding hydrogens is 266 g/mol. The lowest BCUT2D eigenvalue weighted by Crippen LogP contribution is -2.36. The van der Waals surface area contributed by atoms with Crippen molar-refractivity contribution in [2.75, 3.05) is 26.8 Å². The van der Waals surface area contributed by atoms with E-state index in [1.54, 1.807) is 7.11 Å². The van der Waals surface area contributed by atoms with Crippen molar-refractivity contribution in [1.29, 1.82) is 0 Å². The van der Waals surface area contributed by atoms with Gasteiger partial charge >= 0.3 is 0 Å². The maximum Gasteiger partial charge on any atom is 0.260 e. The van der Waals surface area contributed by atoms with Crippen LogP contribution in [0.15, 0.2) is 11.2 Å². The molecule has 1 aromatic heterocycles. The van der Waals surface area contributed by atoms with Gasteiger partial charge in [-0.2, -0.15) is 4.31 Å². The average molecular weight is 289 g/mol. The molecule has 0 radical (unpaired) electrons. The van der Waals surface area contributed by atoms with Gasteiger partial charge in [-0.15, -0.1) is 0 Å². The van der Waals surface area contributed by atoms with Crippen LogP contribution >= 0.6 is 0 Å². The highest BCUT2D eigenvalue weighted by atomic mass is 32.2. The number of ether oxygens (including phenoxy) is 1. The largest absolute Gasteiger partial charge is 0.383 e. The van der Waals surface area contributed by atoms with E-state index in [0.29, 0.717) is 31.9 Å². The van der Waals surface area contributed by atoms with E-state index in [1.807, 2.05) is 20.8 Å². The van der Waals surface area contributed by atoms with Gasteiger partial charge in [-0.3, -0.25) is 0 Å². The Morgan fingerprint density at radius 2 is 2.16 bits per heavy atom. The highest BCUT2D eigenvalue weighted by molar-refractivity contribution is 7.89. The molecule has 1 heterocycles. The number of aryl methyl sites for hydroxylation is 1. The van der Waals surface area contributed by atoms with Crippen LogP contribution in [0.3, 0.4) is 0 Å². The van der Waals surface area contributed by atoms with Gasteiger partial charge in [-0.05, 0) is 5.92 Å². The fraction of sp³-hybridized carbons (Fsp3) is 0.750. The molecule has 1 aromatic rings. The van der Waals surface area contributed by atoms with Gasteiger partial charge in [-0.25, -0.2) is 13.4 Å². The summed E-state index contributed by atoms with van der Waals surface area (Å²) < 4.78 is 31.4. The zero-order chi connectivity index (χ0) is 14.5. The quantitative estimate of drug-likeness (QED) is 0.782. The molecular formula is C12H23N3O3S. The van der Waals surface area contributed by atoms with Crippen molar-refractivity contribution in [2.24, 2.45) is 5.92 Å². The van der Waals surface area contributed by atoms with Crippen molar-refractivity contribution in [3.63, 3.8) is 0 Å². The Bertz CT molecular complexity index is 482. The summed E-state index contributed by atoms with van der Waals surface area (Å²) in [7, 11) is -1.96. The first kappa shape index (κ1) is 16.1. The number of nitrogens with zero attached hydrogens (tertiary/aromatic N) is 2. The van der Waals surface area contributed by atoms with Crippen LogP contribution in [0.2, 0.25) is 0 Å². The van der Waals surface area contributed by atoms with E-state index < -0.39 is 10.0 Å². The summed E-state index contributed by atoms with van der Waals surface area (Å²) in [6, 6.07) is 0. The first-order valence-corrected chi connectivity index (χ1v) is 7.88. The van der Waals surface area contributed by atoms with Crippen LogP contribution < -0.4 is 0 Å². The second kappa shape index (κ2) is 7.02. The van der Waals surface area contributed by atoms with Gasteiger partial charge < -0.3 is 9.72 Å². The number of aromatic amines is 1. The molecule has 19 heavy (non-hydrogen) atoms. The first-order valence-electron chi connectivity index (χ1n) is 6.44. The van der Waals surface area contributed by atoms with Crippen molar-refractivity contribution in [3.8, 4) is 0 Å². The van der Waals surface area contributed by atoms with Gasteiger partial charge in [0.2, 0.25) is 0 Å². The third-order valence-electron chi connectivity index (χ3n) is 2.67. The number of aromatic nitrogens is 2. The van der Waals surface area contributed by atoms with Gasteiger partial charge in [0.05, 0.1) is 12.8 Å². The van der Waals surface area contributed by atoms with Crippen LogP contribution in [0.4, 0.5) is 0 Å². The summed E-state index contributed by atoms with van der Waals surface area (Å²) in [6.45, 7) is 7.08. The molecule has 0 fully saturated rings. The predicted octanol–water partition coefficient (Wildman–Crippen LogP) is 1.27. The Hall–Kier alpha value is -0.920. The zero-order valence-corrected chi connectivity index (χ0v) is 12.8. The summed E-state index contributed by atoms with van der Waals surface area (Å²) in [5.41, 5.74) is 0. The van der Waals surface area contributed by atoms with Crippen molar-refractivity contribution in [1.82, 2.24) is 14.3 Å². The maximum absolute atomic E-state index is 12.5. The summed E-state index contributed by atoms with van der Waals surface area (Å²) in [6.07, 6.45) is 2.06. The molecule has 7 heteroatoms. The number of methoxy groups -OCH3 is 1. The van der Waals surface area contributed by atoms with Crippen LogP contribution in [-0.4, -0.2) is 49.5 Å². The molecule has 6 nitrogen and oxygen atoms in total. The number of hydrogen-bond acceptors (Lipinski definition) is 4. The Morgan fingerprint density at radius 3 is 2.63 bits per heavy atom. The monoisotopic (exact) mass is 289 g/mol. The summed E-state index contributed by atoms with van der Waals surface area (Å²) in [5, 5.41) is 0.154. The van der Waals surface area contributed by atoms with Crippen molar-refractivity contribution >= 4 is 10.0 Å². The standard InChI is InChI=1S/C12H23N3O3S/c1-5-11-13-8-12(14-11)19(16,17)15(6-7-18-4)9-10(2)3/h8,10H,5-7,9H2,1-4H3,(H,13,14). The van der Waals surface area contributed by atoms with Crippen molar-refractivity contribution < 1.29 is 13.2 Å². The van der Waals surface area contributed by atoms with E-state index in [0.717, 1.165) is 0 Å². The summed E-state index contributed by atoms with van der Waals surface area (Å²) in [5.74, 6) is 0.926. The average Bonchev–Trinajstić information content (AvgIpc) is 2.83. The van der Waals surface area contributed by atoms with Crippen LogP contribution in [0.5, 0.6) is 0 Å². The molecule has 0 spiro atoms. The number of sulfonamides is 1. The molecule has 0 aromatic carbocycles. The van der Waals surface area contributed by atoms with E-state index in [-0.39, 0.29) is 10.9 Å². The van der Waals surface area contributed by atoms with Crippen LogP contribution in [0.1, 0.15) is 26.6 Å². The molecule has 0 aliphatic rings. The summed E-state index contributed by atoms with van der Waals surface area (Å²) in [4.78, 5) is 6.90. The van der Waals surface area contributed by atoms with E-state index >= 15 is 0 Å². The second-order valence-electron chi connectivity index (χ2n) is 4.80. The molecule has 0 saturated heterocycles. The van der Waals surface area contributed by atoms with Gasteiger partial charge in [0.15, 0.2) is 5.03 Å². The van der Waals surface area contributed by atoms with Gasteiger partial charge in [-0.1, -0.05) is 20.8 Å². The summed E-state index contributed by atoms with van der Waals surface area (Å²) >= 11 is 0. The topological polar surface area (TPSA) is 75.3 Å². The molecule has 0 atom stereocenters. The number of hydrogen-bond donors (Lipinski definition) is 1. The molecule has 0 saturated carbocycles. The van der Waals surface area contributed by atoms with E-state index in [1.165, 1.54) is 10.5 Å².